The van der Waals surface area contributed by atoms with Crippen LogP contribution in [0.15, 0.2) is 188 Å². The summed E-state index contributed by atoms with van der Waals surface area (Å²) in [6.07, 6.45) is 0. The molecule has 6 nitrogen and oxygen atoms in total. The molecule has 0 radical (unpaired) electrons. The van der Waals surface area contributed by atoms with Crippen LogP contribution in [0.2, 0.25) is 0 Å². The van der Waals surface area contributed by atoms with E-state index in [2.05, 4.69) is 171 Å². The molecule has 0 spiro atoms. The fourth-order valence-corrected chi connectivity index (χ4v) is 9.12. The van der Waals surface area contributed by atoms with E-state index in [1.807, 2.05) is 37.3 Å². The second kappa shape index (κ2) is 12.6. The van der Waals surface area contributed by atoms with Crippen molar-refractivity contribution in [2.75, 3.05) is 0 Å². The van der Waals surface area contributed by atoms with Crippen LogP contribution in [-0.4, -0.2) is 28.7 Å². The highest BCUT2D eigenvalue weighted by Crippen LogP contribution is 2.41. The molecule has 272 valence electrons. The Kier molecular flexibility index (Phi) is 7.04. The molecule has 0 aliphatic heterocycles. The molecule has 0 saturated heterocycles. The van der Waals surface area contributed by atoms with E-state index >= 15 is 0 Å². The van der Waals surface area contributed by atoms with E-state index in [0.717, 1.165) is 55.4 Å². The SMILES string of the molecule is Cc1nc(-c2ccccc2)nc(-n2c3ccccc3c3cccc(-c4ccc5c(c4)c4ccccc4n5-c4ccc5c(c4)c4ccccc4n5-c4ccccc4)c32)n1. The summed E-state index contributed by atoms with van der Waals surface area (Å²) in [6, 6.07) is 67.2. The third kappa shape index (κ3) is 4.82. The molecule has 12 aromatic rings. The highest BCUT2D eigenvalue weighted by atomic mass is 15.2. The first-order valence-corrected chi connectivity index (χ1v) is 19.6. The first kappa shape index (κ1) is 32.4. The number of aromatic nitrogens is 6. The minimum Gasteiger partial charge on any atom is -0.309 e. The molecule has 6 heteroatoms. The molecule has 12 rings (SSSR count). The Morgan fingerprint density at radius 2 is 0.879 bits per heavy atom. The van der Waals surface area contributed by atoms with Crippen molar-refractivity contribution < 1.29 is 0 Å². The molecule has 0 fully saturated rings. The summed E-state index contributed by atoms with van der Waals surface area (Å²) >= 11 is 0. The van der Waals surface area contributed by atoms with E-state index in [1.54, 1.807) is 0 Å². The molecule has 0 amide bonds. The third-order valence-electron chi connectivity index (χ3n) is 11.6. The van der Waals surface area contributed by atoms with Crippen LogP contribution in [0.3, 0.4) is 0 Å². The fourth-order valence-electron chi connectivity index (χ4n) is 9.12. The van der Waals surface area contributed by atoms with Crippen LogP contribution in [-0.2, 0) is 0 Å². The zero-order valence-electron chi connectivity index (χ0n) is 31.6. The maximum absolute atomic E-state index is 5.10. The summed E-state index contributed by atoms with van der Waals surface area (Å²) in [5.74, 6) is 1.93. The molecule has 0 unspecified atom stereocenters. The van der Waals surface area contributed by atoms with Crippen molar-refractivity contribution in [3.63, 3.8) is 0 Å². The number of hydrogen-bond donors (Lipinski definition) is 0. The molecular formula is C52H34N6. The van der Waals surface area contributed by atoms with Gasteiger partial charge in [0.1, 0.15) is 5.82 Å². The van der Waals surface area contributed by atoms with Gasteiger partial charge in [-0.05, 0) is 73.2 Å². The predicted octanol–water partition coefficient (Wildman–Crippen LogP) is 12.8. The molecule has 0 atom stereocenters. The van der Waals surface area contributed by atoms with Gasteiger partial charge in [0.05, 0.1) is 33.1 Å². The van der Waals surface area contributed by atoms with Gasteiger partial charge in [-0.1, -0.05) is 127 Å². The second-order valence-electron chi connectivity index (χ2n) is 14.9. The van der Waals surface area contributed by atoms with Crippen molar-refractivity contribution in [2.24, 2.45) is 0 Å². The Morgan fingerprint density at radius 3 is 1.59 bits per heavy atom. The summed E-state index contributed by atoms with van der Waals surface area (Å²) in [4.78, 5) is 14.8. The number of benzene rings is 8. The van der Waals surface area contributed by atoms with E-state index in [1.165, 1.54) is 38.1 Å². The average Bonchev–Trinajstić information content (AvgIpc) is 3.92. The van der Waals surface area contributed by atoms with Crippen LogP contribution < -0.4 is 0 Å². The number of para-hydroxylation sites is 5. The van der Waals surface area contributed by atoms with Gasteiger partial charge >= 0.3 is 0 Å². The van der Waals surface area contributed by atoms with Gasteiger partial charge < -0.3 is 9.13 Å². The normalized spacial score (nSPS) is 11.9. The van der Waals surface area contributed by atoms with E-state index in [4.69, 9.17) is 15.0 Å². The molecule has 4 heterocycles. The van der Waals surface area contributed by atoms with Crippen LogP contribution in [0.1, 0.15) is 5.82 Å². The van der Waals surface area contributed by atoms with Crippen LogP contribution in [0.25, 0.3) is 105 Å². The Hall–Kier alpha value is -7.83. The zero-order chi connectivity index (χ0) is 38.3. The minimum absolute atomic E-state index is 0.603. The molecule has 0 aliphatic rings. The van der Waals surface area contributed by atoms with Crippen molar-refractivity contribution in [3.05, 3.63) is 194 Å². The molecule has 0 N–H and O–H groups in total. The predicted molar refractivity (Wildman–Crippen MR) is 238 cm³/mol. The van der Waals surface area contributed by atoms with Gasteiger partial charge in [-0.15, -0.1) is 0 Å². The molecule has 4 aromatic heterocycles. The molecule has 8 aromatic carbocycles. The topological polar surface area (TPSA) is 53.5 Å². The van der Waals surface area contributed by atoms with Crippen molar-refractivity contribution >= 4 is 65.4 Å². The fraction of sp³-hybridized carbons (Fsp3) is 0.0192. The largest absolute Gasteiger partial charge is 0.309 e. The smallest absolute Gasteiger partial charge is 0.238 e. The molecular weight excluding hydrogens is 709 g/mol. The lowest BCUT2D eigenvalue weighted by Gasteiger charge is -2.12. The molecule has 58 heavy (non-hydrogen) atoms. The molecule has 0 bridgehead atoms. The maximum Gasteiger partial charge on any atom is 0.238 e. The van der Waals surface area contributed by atoms with Crippen molar-refractivity contribution in [3.8, 4) is 39.8 Å². The summed E-state index contributed by atoms with van der Waals surface area (Å²) in [5, 5.41) is 7.17. The van der Waals surface area contributed by atoms with Crippen molar-refractivity contribution in [1.82, 2.24) is 28.7 Å². The summed E-state index contributed by atoms with van der Waals surface area (Å²) in [5.41, 5.74) is 12.3. The van der Waals surface area contributed by atoms with Crippen LogP contribution >= 0.6 is 0 Å². The maximum atomic E-state index is 5.10. The van der Waals surface area contributed by atoms with Gasteiger partial charge in [-0.2, -0.15) is 9.97 Å². The summed E-state index contributed by atoms with van der Waals surface area (Å²) in [6.45, 7) is 1.94. The van der Waals surface area contributed by atoms with E-state index in [9.17, 15) is 0 Å². The molecule has 0 saturated carbocycles. The van der Waals surface area contributed by atoms with Gasteiger partial charge in [-0.25, -0.2) is 4.98 Å². The van der Waals surface area contributed by atoms with Gasteiger partial charge in [-0.3, -0.25) is 4.57 Å². The Bertz CT molecular complexity index is 3570. The Morgan fingerprint density at radius 1 is 0.345 bits per heavy atom. The van der Waals surface area contributed by atoms with Crippen LogP contribution in [0, 0.1) is 6.92 Å². The average molecular weight is 743 g/mol. The number of nitrogens with zero attached hydrogens (tertiary/aromatic N) is 6. The van der Waals surface area contributed by atoms with Crippen molar-refractivity contribution in [1.29, 1.82) is 0 Å². The van der Waals surface area contributed by atoms with E-state index in [-0.39, 0.29) is 0 Å². The first-order chi connectivity index (χ1) is 28.7. The Labute approximate surface area is 333 Å². The van der Waals surface area contributed by atoms with Gasteiger partial charge in [0.25, 0.3) is 0 Å². The minimum atomic E-state index is 0.603. The number of fused-ring (bicyclic) bond motifs is 9. The lowest BCUT2D eigenvalue weighted by molar-refractivity contribution is 0.907. The monoisotopic (exact) mass is 742 g/mol. The number of rotatable bonds is 5. The van der Waals surface area contributed by atoms with Crippen molar-refractivity contribution in [2.45, 2.75) is 6.92 Å². The molecule has 0 aliphatic carbocycles. The summed E-state index contributed by atoms with van der Waals surface area (Å²) < 4.78 is 7.00. The quantitative estimate of drug-likeness (QED) is 0.176. The highest BCUT2D eigenvalue weighted by molar-refractivity contribution is 6.16. The standard InChI is InChI=1S/C52H34N6/c1-33-53-51(34-15-4-2-5-16-34)55-52(54-33)58-47-26-13-8-19-39(47)42-23-14-22-38(50(42)58)35-27-29-48-43(31-35)40-20-9-12-25-46(40)57(48)37-28-30-49-44(32-37)41-21-10-11-24-45(41)56(49)36-17-6-3-7-18-36/h2-32H,1H3. The zero-order valence-corrected chi connectivity index (χ0v) is 31.6. The van der Waals surface area contributed by atoms with E-state index < -0.39 is 0 Å². The summed E-state index contributed by atoms with van der Waals surface area (Å²) in [7, 11) is 0. The van der Waals surface area contributed by atoms with Gasteiger partial charge in [0.2, 0.25) is 5.95 Å². The van der Waals surface area contributed by atoms with Crippen LogP contribution in [0.4, 0.5) is 0 Å². The lowest BCUT2D eigenvalue weighted by atomic mass is 10.00. The Balaban J connectivity index is 1.08. The lowest BCUT2D eigenvalue weighted by Crippen LogP contribution is -2.06. The van der Waals surface area contributed by atoms with Gasteiger partial charge in [0.15, 0.2) is 5.82 Å². The first-order valence-electron chi connectivity index (χ1n) is 19.6. The number of aryl methyl sites for hydroxylation is 1. The van der Waals surface area contributed by atoms with Gasteiger partial charge in [0, 0.05) is 54.8 Å². The van der Waals surface area contributed by atoms with Crippen LogP contribution in [0.5, 0.6) is 0 Å². The highest BCUT2D eigenvalue weighted by Gasteiger charge is 2.21. The number of hydrogen-bond acceptors (Lipinski definition) is 3. The second-order valence-corrected chi connectivity index (χ2v) is 14.9. The third-order valence-corrected chi connectivity index (χ3v) is 11.6. The van der Waals surface area contributed by atoms with E-state index in [0.29, 0.717) is 17.6 Å².